The Balaban J connectivity index is 0.000000406. The Morgan fingerprint density at radius 2 is 1.71 bits per heavy atom. The lowest BCUT2D eigenvalue weighted by molar-refractivity contribution is -0.192. The molecule has 0 saturated carbocycles. The molecule has 4 heterocycles. The number of alkyl halides is 3. The summed E-state index contributed by atoms with van der Waals surface area (Å²) in [6.07, 6.45) is 2.89. The Labute approximate surface area is 193 Å². The maximum absolute atomic E-state index is 12.6. The van der Waals surface area contributed by atoms with Gasteiger partial charge in [-0.25, -0.2) is 14.8 Å². The van der Waals surface area contributed by atoms with E-state index in [9.17, 15) is 22.8 Å². The zero-order valence-electron chi connectivity index (χ0n) is 18.7. The first-order valence-electron chi connectivity index (χ1n) is 10.7. The van der Waals surface area contributed by atoms with Gasteiger partial charge < -0.3 is 19.5 Å². The Bertz CT molecular complexity index is 1100. The Hall–Kier alpha value is -3.51. The van der Waals surface area contributed by atoms with Crippen LogP contribution in [0.4, 0.5) is 19.1 Å². The molecular weight excluding hydrogens is 457 g/mol. The first-order valence-corrected chi connectivity index (χ1v) is 10.7. The molecule has 34 heavy (non-hydrogen) atoms. The number of aliphatic carboxylic acids is 1. The van der Waals surface area contributed by atoms with Crippen molar-refractivity contribution in [2.75, 3.05) is 31.6 Å². The largest absolute Gasteiger partial charge is 0.490 e. The second-order valence-electron chi connectivity index (χ2n) is 8.17. The summed E-state index contributed by atoms with van der Waals surface area (Å²) in [5.74, 6) is -1.44. The maximum Gasteiger partial charge on any atom is 0.490 e. The Morgan fingerprint density at radius 3 is 2.24 bits per heavy atom. The summed E-state index contributed by atoms with van der Waals surface area (Å²) in [6, 6.07) is 1.81. The molecule has 0 aliphatic carbocycles. The van der Waals surface area contributed by atoms with Crippen molar-refractivity contribution in [3.05, 3.63) is 46.4 Å². The van der Waals surface area contributed by atoms with Gasteiger partial charge >= 0.3 is 12.1 Å². The number of nitrogens with zero attached hydrogens (tertiary/aromatic N) is 6. The van der Waals surface area contributed by atoms with Gasteiger partial charge in [0.1, 0.15) is 11.4 Å². The Kier molecular flexibility index (Phi) is 7.22. The number of hydrogen-bond acceptors (Lipinski definition) is 7. The lowest BCUT2D eigenvalue weighted by Crippen LogP contribution is -2.43. The highest BCUT2D eigenvalue weighted by Gasteiger charge is 2.44. The fourth-order valence-corrected chi connectivity index (χ4v) is 4.09. The van der Waals surface area contributed by atoms with E-state index in [-0.39, 0.29) is 16.9 Å². The molecule has 2 aliphatic rings. The van der Waals surface area contributed by atoms with E-state index in [0.717, 1.165) is 50.7 Å². The number of fused-ring (bicyclic) bond motifs is 2. The Morgan fingerprint density at radius 1 is 1.15 bits per heavy atom. The number of carboxylic acids is 1. The fourth-order valence-electron chi connectivity index (χ4n) is 4.09. The molecule has 0 atom stereocenters. The molecule has 0 unspecified atom stereocenters. The van der Waals surface area contributed by atoms with E-state index in [0.29, 0.717) is 6.54 Å². The number of anilines is 1. The summed E-state index contributed by atoms with van der Waals surface area (Å²) >= 11 is 0. The summed E-state index contributed by atoms with van der Waals surface area (Å²) in [7, 11) is 1.70. The number of carbonyl (C=O) groups excluding carboxylic acids is 1. The number of aromatic nitrogens is 4. The van der Waals surface area contributed by atoms with Crippen LogP contribution in [-0.2, 0) is 16.8 Å². The first-order chi connectivity index (χ1) is 16.0. The van der Waals surface area contributed by atoms with E-state index in [1.54, 1.807) is 25.6 Å². The molecule has 2 aromatic rings. The predicted octanol–water partition coefficient (Wildman–Crippen LogP) is 1.70. The van der Waals surface area contributed by atoms with Gasteiger partial charge in [-0.1, -0.05) is 0 Å². The molecule has 2 aliphatic heterocycles. The second-order valence-corrected chi connectivity index (χ2v) is 8.17. The molecule has 1 N–H and O–H groups in total. The summed E-state index contributed by atoms with van der Waals surface area (Å²) < 4.78 is 33.7. The number of halogens is 3. The van der Waals surface area contributed by atoms with Crippen LogP contribution in [0.15, 0.2) is 29.5 Å². The smallest absolute Gasteiger partial charge is 0.475 e. The van der Waals surface area contributed by atoms with Gasteiger partial charge in [-0.3, -0.25) is 9.59 Å². The third kappa shape index (κ3) is 5.18. The molecule has 13 heteroatoms. The summed E-state index contributed by atoms with van der Waals surface area (Å²) in [5, 5.41) is 7.12. The molecule has 2 aromatic heterocycles. The SMILES string of the molecule is CCN(C)C(=O)c1cn2c(nc1=O)C1(CCN(c3ncccn3)CC1)CC2.O=C(O)C(F)(F)F. The van der Waals surface area contributed by atoms with E-state index >= 15 is 0 Å². The normalized spacial score (nSPS) is 16.4. The molecule has 10 nitrogen and oxygen atoms in total. The van der Waals surface area contributed by atoms with E-state index < -0.39 is 17.7 Å². The van der Waals surface area contributed by atoms with Crippen LogP contribution in [-0.4, -0.2) is 74.3 Å². The van der Waals surface area contributed by atoms with E-state index in [1.165, 1.54) is 4.90 Å². The topological polar surface area (TPSA) is 122 Å². The van der Waals surface area contributed by atoms with Crippen molar-refractivity contribution in [2.24, 2.45) is 0 Å². The molecule has 1 amide bonds. The van der Waals surface area contributed by atoms with Crippen LogP contribution in [0, 0.1) is 0 Å². The standard InChI is InChI=1S/C19H24N6O2.C2HF3O2/c1-3-23(2)16(27)14-13-25-12-7-19(17(25)22-15(14)26)5-10-24(11-6-19)18-20-8-4-9-21-18;3-2(4,5)1(6)7/h4,8-9,13H,3,5-7,10-12H2,1-2H3;(H,6,7). The highest BCUT2D eigenvalue weighted by Crippen LogP contribution is 2.42. The van der Waals surface area contributed by atoms with Crippen LogP contribution >= 0.6 is 0 Å². The van der Waals surface area contributed by atoms with E-state index in [2.05, 4.69) is 19.9 Å². The number of carbonyl (C=O) groups is 2. The lowest BCUT2D eigenvalue weighted by Gasteiger charge is -2.38. The minimum Gasteiger partial charge on any atom is -0.475 e. The molecule has 184 valence electrons. The van der Waals surface area contributed by atoms with Crippen molar-refractivity contribution >= 4 is 17.8 Å². The van der Waals surface area contributed by atoms with Crippen LogP contribution in [0.25, 0.3) is 0 Å². The van der Waals surface area contributed by atoms with Crippen molar-refractivity contribution in [3.8, 4) is 0 Å². The van der Waals surface area contributed by atoms with Gasteiger partial charge in [-0.2, -0.15) is 18.2 Å². The van der Waals surface area contributed by atoms with Crippen molar-refractivity contribution < 1.29 is 27.9 Å². The molecule has 4 rings (SSSR count). The molecule has 1 fully saturated rings. The minimum atomic E-state index is -5.08. The first kappa shape index (κ1) is 25.1. The van der Waals surface area contributed by atoms with Crippen molar-refractivity contribution in [2.45, 2.75) is 44.3 Å². The number of hydrogen-bond donors (Lipinski definition) is 1. The molecule has 1 saturated heterocycles. The summed E-state index contributed by atoms with van der Waals surface area (Å²) in [5.41, 5.74) is -0.347. The van der Waals surface area contributed by atoms with Gasteiger partial charge in [0.2, 0.25) is 5.95 Å². The number of amides is 1. The average Bonchev–Trinajstić information content (AvgIpc) is 3.15. The number of carboxylic acid groups (broad SMARTS) is 1. The third-order valence-electron chi connectivity index (χ3n) is 6.15. The predicted molar refractivity (Wildman–Crippen MR) is 115 cm³/mol. The third-order valence-corrected chi connectivity index (χ3v) is 6.15. The van der Waals surface area contributed by atoms with Crippen LogP contribution in [0.3, 0.4) is 0 Å². The summed E-state index contributed by atoms with van der Waals surface area (Å²) in [4.78, 5) is 50.6. The number of aryl methyl sites for hydroxylation is 1. The highest BCUT2D eigenvalue weighted by molar-refractivity contribution is 5.93. The van der Waals surface area contributed by atoms with Crippen molar-refractivity contribution in [1.29, 1.82) is 0 Å². The average molecular weight is 482 g/mol. The van der Waals surface area contributed by atoms with Crippen molar-refractivity contribution in [1.82, 2.24) is 24.4 Å². The van der Waals surface area contributed by atoms with Crippen molar-refractivity contribution in [3.63, 3.8) is 0 Å². The van der Waals surface area contributed by atoms with Crippen LogP contribution in [0.1, 0.15) is 42.4 Å². The zero-order chi connectivity index (χ0) is 25.1. The molecule has 0 bridgehead atoms. The van der Waals surface area contributed by atoms with E-state index in [1.807, 2.05) is 17.6 Å². The van der Waals surface area contributed by atoms with Gasteiger partial charge in [0.05, 0.1) is 0 Å². The summed E-state index contributed by atoms with van der Waals surface area (Å²) in [6.45, 7) is 4.90. The fraction of sp³-hybridized carbons (Fsp3) is 0.524. The highest BCUT2D eigenvalue weighted by atomic mass is 19.4. The van der Waals surface area contributed by atoms with Crippen LogP contribution in [0.5, 0.6) is 0 Å². The van der Waals surface area contributed by atoms with Gasteiger partial charge in [-0.05, 0) is 32.3 Å². The van der Waals surface area contributed by atoms with Crippen LogP contribution in [0.2, 0.25) is 0 Å². The molecule has 1 spiro atoms. The van der Waals surface area contributed by atoms with Gasteiger partial charge in [-0.15, -0.1) is 0 Å². The van der Waals surface area contributed by atoms with E-state index in [4.69, 9.17) is 9.90 Å². The monoisotopic (exact) mass is 482 g/mol. The lowest BCUT2D eigenvalue weighted by atomic mass is 9.76. The number of rotatable bonds is 3. The molecule has 0 aromatic carbocycles. The number of piperidine rings is 1. The minimum absolute atomic E-state index is 0.0946. The van der Waals surface area contributed by atoms with Gasteiger partial charge in [0, 0.05) is 57.2 Å². The van der Waals surface area contributed by atoms with Crippen LogP contribution < -0.4 is 10.5 Å². The quantitative estimate of drug-likeness (QED) is 0.702. The van der Waals surface area contributed by atoms with Gasteiger partial charge in [0.15, 0.2) is 0 Å². The molecular formula is C21H25F3N6O4. The van der Waals surface area contributed by atoms with Gasteiger partial charge in [0.25, 0.3) is 11.5 Å². The second kappa shape index (κ2) is 9.77. The molecule has 0 radical (unpaired) electrons. The maximum atomic E-state index is 12.6. The zero-order valence-corrected chi connectivity index (χ0v) is 18.7.